The zero-order chi connectivity index (χ0) is 15.0. The van der Waals surface area contributed by atoms with Crippen molar-refractivity contribution in [3.8, 4) is 0 Å². The lowest BCUT2D eigenvalue weighted by Gasteiger charge is -2.37. The van der Waals surface area contributed by atoms with Gasteiger partial charge in [-0.1, -0.05) is 6.58 Å². The van der Waals surface area contributed by atoms with Crippen molar-refractivity contribution in [2.75, 3.05) is 0 Å². The molecule has 0 saturated heterocycles. The number of esters is 1. The minimum Gasteiger partial charge on any atom is -0.429 e. The minimum atomic E-state index is -6.93. The van der Waals surface area contributed by atoms with E-state index in [-0.39, 0.29) is 6.08 Å². The van der Waals surface area contributed by atoms with Crippen LogP contribution in [0.15, 0.2) is 12.7 Å². The molecule has 0 saturated carbocycles. The SMILES string of the molecule is C=CC(=O)OC(C(F)(F)F)(C(F)(F)F)C(F)(F)F. The summed E-state index contributed by atoms with van der Waals surface area (Å²) >= 11 is 0. The first-order valence-electron chi connectivity index (χ1n) is 3.76. The Morgan fingerprint density at radius 3 is 1.28 bits per heavy atom. The Labute approximate surface area is 93.0 Å². The molecule has 0 rings (SSSR count). The van der Waals surface area contributed by atoms with Crippen LogP contribution in [0.25, 0.3) is 0 Å². The van der Waals surface area contributed by atoms with Crippen molar-refractivity contribution in [1.82, 2.24) is 0 Å². The first-order chi connectivity index (χ1) is 7.70. The predicted octanol–water partition coefficient (Wildman–Crippen LogP) is 3.14. The fourth-order valence-electron chi connectivity index (χ4n) is 0.848. The standard InChI is InChI=1S/C7H3F9O2/c1-2-3(17)18-4(5(8,9)10,6(11,12)13)7(14,15)16/h2H,1H2. The van der Waals surface area contributed by atoms with Crippen LogP contribution in [-0.2, 0) is 9.53 Å². The van der Waals surface area contributed by atoms with Gasteiger partial charge >= 0.3 is 30.1 Å². The highest BCUT2D eigenvalue weighted by Crippen LogP contribution is 2.54. The number of alkyl halides is 9. The molecule has 0 radical (unpaired) electrons. The highest BCUT2D eigenvalue weighted by Gasteiger charge is 2.87. The Bertz CT molecular complexity index is 298. The fraction of sp³-hybridized carbons (Fsp3) is 0.571. The van der Waals surface area contributed by atoms with E-state index in [1.165, 1.54) is 0 Å². The molecule has 0 unspecified atom stereocenters. The lowest BCUT2D eigenvalue weighted by molar-refractivity contribution is -0.445. The lowest BCUT2D eigenvalue weighted by atomic mass is 10.0. The van der Waals surface area contributed by atoms with Gasteiger partial charge in [0.2, 0.25) is 0 Å². The molecule has 0 bridgehead atoms. The molecule has 0 fully saturated rings. The number of hydrogen-bond donors (Lipinski definition) is 0. The molecule has 0 amide bonds. The van der Waals surface area contributed by atoms with Crippen molar-refractivity contribution in [2.45, 2.75) is 24.1 Å². The number of carbonyl (C=O) groups is 1. The van der Waals surface area contributed by atoms with Gasteiger partial charge in [0.15, 0.2) is 0 Å². The van der Waals surface area contributed by atoms with E-state index >= 15 is 0 Å². The van der Waals surface area contributed by atoms with Crippen LogP contribution in [0.3, 0.4) is 0 Å². The van der Waals surface area contributed by atoms with Crippen LogP contribution in [0.5, 0.6) is 0 Å². The molecule has 0 atom stereocenters. The molecule has 106 valence electrons. The van der Waals surface area contributed by atoms with Gasteiger partial charge in [-0.2, -0.15) is 39.5 Å². The van der Waals surface area contributed by atoms with E-state index in [1.807, 2.05) is 0 Å². The predicted molar refractivity (Wildman–Crippen MR) is 37.2 cm³/mol. The van der Waals surface area contributed by atoms with E-state index in [9.17, 15) is 44.3 Å². The average molecular weight is 290 g/mol. The van der Waals surface area contributed by atoms with E-state index in [0.29, 0.717) is 0 Å². The third-order valence-electron chi connectivity index (χ3n) is 1.62. The molecule has 0 aromatic rings. The second-order valence-electron chi connectivity index (χ2n) is 2.80. The number of rotatable bonds is 2. The van der Waals surface area contributed by atoms with Gasteiger partial charge in [-0.25, -0.2) is 4.79 Å². The quantitative estimate of drug-likeness (QED) is 0.443. The van der Waals surface area contributed by atoms with Gasteiger partial charge in [-0.05, 0) is 0 Å². The summed E-state index contributed by atoms with van der Waals surface area (Å²) in [4.78, 5) is 10.3. The number of hydrogen-bond acceptors (Lipinski definition) is 2. The van der Waals surface area contributed by atoms with Crippen molar-refractivity contribution >= 4 is 5.97 Å². The number of halogens is 9. The Kier molecular flexibility index (Phi) is 4.01. The van der Waals surface area contributed by atoms with Crippen molar-refractivity contribution in [3.63, 3.8) is 0 Å². The second kappa shape index (κ2) is 4.35. The highest BCUT2D eigenvalue weighted by molar-refractivity contribution is 5.81. The average Bonchev–Trinajstić information content (AvgIpc) is 2.07. The monoisotopic (exact) mass is 290 g/mol. The summed E-state index contributed by atoms with van der Waals surface area (Å²) in [6.07, 6.45) is -21.0. The van der Waals surface area contributed by atoms with Crippen LogP contribution in [0, 0.1) is 0 Å². The van der Waals surface area contributed by atoms with E-state index in [4.69, 9.17) is 0 Å². The lowest BCUT2D eigenvalue weighted by Crippen LogP contribution is -2.68. The Morgan fingerprint density at radius 1 is 0.833 bits per heavy atom. The maximum absolute atomic E-state index is 12.1. The Balaban J connectivity index is 6.08. The van der Waals surface area contributed by atoms with Gasteiger partial charge < -0.3 is 4.74 Å². The van der Waals surface area contributed by atoms with Crippen molar-refractivity contribution in [2.24, 2.45) is 0 Å². The number of ether oxygens (including phenoxy) is 1. The van der Waals surface area contributed by atoms with E-state index in [0.717, 1.165) is 0 Å². The first kappa shape index (κ1) is 16.6. The molecule has 0 N–H and O–H groups in total. The maximum Gasteiger partial charge on any atom is 0.447 e. The molecule has 0 aromatic carbocycles. The summed E-state index contributed by atoms with van der Waals surface area (Å²) < 4.78 is 112. The van der Waals surface area contributed by atoms with Crippen molar-refractivity contribution in [3.05, 3.63) is 12.7 Å². The van der Waals surface area contributed by atoms with Crippen LogP contribution < -0.4 is 0 Å². The van der Waals surface area contributed by atoms with Gasteiger partial charge in [0.05, 0.1) is 0 Å². The van der Waals surface area contributed by atoms with Gasteiger partial charge in [-0.3, -0.25) is 0 Å². The van der Waals surface area contributed by atoms with Crippen LogP contribution in [0.2, 0.25) is 0 Å². The first-order valence-corrected chi connectivity index (χ1v) is 3.76. The Hall–Kier alpha value is -1.42. The number of carbonyl (C=O) groups excluding carboxylic acids is 1. The van der Waals surface area contributed by atoms with Gasteiger partial charge in [0.1, 0.15) is 0 Å². The van der Waals surface area contributed by atoms with Crippen LogP contribution in [0.1, 0.15) is 0 Å². The van der Waals surface area contributed by atoms with E-state index in [2.05, 4.69) is 11.3 Å². The summed E-state index contributed by atoms with van der Waals surface area (Å²) in [5.74, 6) is -2.51. The second-order valence-corrected chi connectivity index (χ2v) is 2.80. The highest BCUT2D eigenvalue weighted by atomic mass is 19.4. The molecular weight excluding hydrogens is 287 g/mol. The van der Waals surface area contributed by atoms with Crippen LogP contribution in [0.4, 0.5) is 39.5 Å². The van der Waals surface area contributed by atoms with E-state index < -0.39 is 30.1 Å². The molecule has 0 heterocycles. The molecule has 18 heavy (non-hydrogen) atoms. The van der Waals surface area contributed by atoms with Gasteiger partial charge in [0, 0.05) is 6.08 Å². The summed E-state index contributed by atoms with van der Waals surface area (Å²) in [6, 6.07) is 0. The third kappa shape index (κ3) is 2.53. The largest absolute Gasteiger partial charge is 0.447 e. The molecular formula is C7H3F9O2. The zero-order valence-corrected chi connectivity index (χ0v) is 8.00. The molecule has 0 spiro atoms. The zero-order valence-electron chi connectivity index (χ0n) is 8.00. The van der Waals surface area contributed by atoms with Crippen molar-refractivity contribution in [1.29, 1.82) is 0 Å². The molecule has 0 aromatic heterocycles. The maximum atomic E-state index is 12.1. The molecule has 11 heteroatoms. The molecule has 0 aliphatic heterocycles. The third-order valence-corrected chi connectivity index (χ3v) is 1.62. The molecule has 0 aliphatic rings. The normalized spacial score (nSPS) is 14.3. The smallest absolute Gasteiger partial charge is 0.429 e. The fourth-order valence-corrected chi connectivity index (χ4v) is 0.848. The van der Waals surface area contributed by atoms with E-state index in [1.54, 1.807) is 0 Å². The molecule has 0 aliphatic carbocycles. The van der Waals surface area contributed by atoms with Gasteiger partial charge in [0.25, 0.3) is 0 Å². The Morgan fingerprint density at radius 2 is 1.11 bits per heavy atom. The van der Waals surface area contributed by atoms with Gasteiger partial charge in [-0.15, -0.1) is 0 Å². The summed E-state index contributed by atoms with van der Waals surface area (Å²) in [7, 11) is 0. The molecule has 2 nitrogen and oxygen atoms in total. The van der Waals surface area contributed by atoms with Crippen LogP contribution >= 0.6 is 0 Å². The van der Waals surface area contributed by atoms with Crippen LogP contribution in [-0.4, -0.2) is 30.1 Å². The minimum absolute atomic E-state index is 0.252. The summed E-state index contributed by atoms with van der Waals surface area (Å²) in [5, 5.41) is 0. The topological polar surface area (TPSA) is 26.3 Å². The van der Waals surface area contributed by atoms with Crippen molar-refractivity contribution < 1.29 is 49.0 Å². The summed E-state index contributed by atoms with van der Waals surface area (Å²) in [5.41, 5.74) is -6.59. The summed E-state index contributed by atoms with van der Waals surface area (Å²) in [6.45, 7) is 2.41.